The Hall–Kier alpha value is -3.46. The molecular formula is C34H48FN3O5. The van der Waals surface area contributed by atoms with E-state index in [0.717, 1.165) is 30.5 Å². The lowest BCUT2D eigenvalue weighted by Crippen LogP contribution is -2.53. The lowest BCUT2D eigenvalue weighted by Gasteiger charge is -2.30. The number of rotatable bonds is 15. The first kappa shape index (κ1) is 34.0. The molecule has 0 aliphatic heterocycles. The highest BCUT2D eigenvalue weighted by molar-refractivity contribution is 5.97. The van der Waals surface area contributed by atoms with Crippen LogP contribution in [-0.4, -0.2) is 52.2 Å². The zero-order valence-electron chi connectivity index (χ0n) is 25.7. The summed E-state index contributed by atoms with van der Waals surface area (Å²) in [5.41, 5.74) is 0.790. The SMILES string of the molecule is CC(=O)N[C@H](C(=O)N[C@H](CCCC1CCCCC1)CC(O)C(Cc1ccccc1)NC(=O)c1ccc(F)cc1O)C(C)C. The van der Waals surface area contributed by atoms with Crippen molar-refractivity contribution in [1.29, 1.82) is 0 Å². The van der Waals surface area contributed by atoms with Gasteiger partial charge in [0.15, 0.2) is 0 Å². The second-order valence-electron chi connectivity index (χ2n) is 12.3. The Kier molecular flexibility index (Phi) is 13.4. The number of carbonyl (C=O) groups is 3. The van der Waals surface area contributed by atoms with Crippen LogP contribution in [-0.2, 0) is 16.0 Å². The Morgan fingerprint density at radius 2 is 1.67 bits per heavy atom. The van der Waals surface area contributed by atoms with Gasteiger partial charge in [-0.15, -0.1) is 0 Å². The Labute approximate surface area is 254 Å². The van der Waals surface area contributed by atoms with E-state index in [1.165, 1.54) is 45.1 Å². The molecule has 1 saturated carbocycles. The van der Waals surface area contributed by atoms with Crippen LogP contribution >= 0.6 is 0 Å². The highest BCUT2D eigenvalue weighted by Crippen LogP contribution is 2.28. The zero-order valence-corrected chi connectivity index (χ0v) is 25.7. The average molecular weight is 598 g/mol. The maximum absolute atomic E-state index is 13.5. The van der Waals surface area contributed by atoms with Crippen molar-refractivity contribution >= 4 is 17.7 Å². The lowest BCUT2D eigenvalue weighted by molar-refractivity contribution is -0.129. The number of aliphatic hydroxyl groups excluding tert-OH is 1. The van der Waals surface area contributed by atoms with Crippen LogP contribution in [0.2, 0.25) is 0 Å². The molecule has 8 nitrogen and oxygen atoms in total. The summed E-state index contributed by atoms with van der Waals surface area (Å²) in [5.74, 6) is -1.86. The molecule has 0 heterocycles. The van der Waals surface area contributed by atoms with Gasteiger partial charge in [-0.05, 0) is 48.8 Å². The Bertz CT molecular complexity index is 1190. The summed E-state index contributed by atoms with van der Waals surface area (Å²) in [5, 5.41) is 30.4. The molecule has 1 aliphatic carbocycles. The van der Waals surface area contributed by atoms with Crippen LogP contribution in [0.25, 0.3) is 0 Å². The lowest BCUT2D eigenvalue weighted by atomic mass is 9.85. The van der Waals surface area contributed by atoms with Gasteiger partial charge in [0, 0.05) is 19.0 Å². The zero-order chi connectivity index (χ0) is 31.4. The summed E-state index contributed by atoms with van der Waals surface area (Å²) >= 11 is 0. The fourth-order valence-corrected chi connectivity index (χ4v) is 5.97. The monoisotopic (exact) mass is 597 g/mol. The average Bonchev–Trinajstić information content (AvgIpc) is 2.96. The minimum atomic E-state index is -1.05. The van der Waals surface area contributed by atoms with Crippen LogP contribution in [0.15, 0.2) is 48.5 Å². The third-order valence-corrected chi connectivity index (χ3v) is 8.35. The van der Waals surface area contributed by atoms with Crippen molar-refractivity contribution < 1.29 is 29.0 Å². The maximum Gasteiger partial charge on any atom is 0.255 e. The van der Waals surface area contributed by atoms with Crippen LogP contribution in [0.4, 0.5) is 4.39 Å². The van der Waals surface area contributed by atoms with E-state index >= 15 is 0 Å². The van der Waals surface area contributed by atoms with Crippen LogP contribution in [0, 0.1) is 17.7 Å². The van der Waals surface area contributed by atoms with Gasteiger partial charge in [-0.2, -0.15) is 0 Å². The molecule has 0 aromatic heterocycles. The number of phenolic OH excluding ortho intramolecular Hbond substituents is 1. The number of hydrogen-bond donors (Lipinski definition) is 5. The number of aliphatic hydroxyl groups is 1. The van der Waals surface area contributed by atoms with Gasteiger partial charge in [-0.25, -0.2) is 4.39 Å². The molecule has 0 spiro atoms. The van der Waals surface area contributed by atoms with Crippen LogP contribution in [0.1, 0.15) is 94.5 Å². The quantitative estimate of drug-likeness (QED) is 0.197. The van der Waals surface area contributed by atoms with E-state index in [1.807, 2.05) is 44.2 Å². The first-order valence-electron chi connectivity index (χ1n) is 15.6. The molecule has 3 rings (SSSR count). The van der Waals surface area contributed by atoms with Gasteiger partial charge in [0.25, 0.3) is 5.91 Å². The Morgan fingerprint density at radius 1 is 0.977 bits per heavy atom. The summed E-state index contributed by atoms with van der Waals surface area (Å²) < 4.78 is 13.5. The van der Waals surface area contributed by atoms with E-state index in [2.05, 4.69) is 16.0 Å². The molecule has 43 heavy (non-hydrogen) atoms. The third-order valence-electron chi connectivity index (χ3n) is 8.35. The van der Waals surface area contributed by atoms with E-state index in [9.17, 15) is 29.0 Å². The molecule has 0 radical (unpaired) electrons. The smallest absolute Gasteiger partial charge is 0.255 e. The predicted octanol–water partition coefficient (Wildman–Crippen LogP) is 5.02. The number of carbonyl (C=O) groups excluding carboxylic acids is 3. The van der Waals surface area contributed by atoms with Gasteiger partial charge in [0.05, 0.1) is 17.7 Å². The Balaban J connectivity index is 1.78. The third kappa shape index (κ3) is 11.3. The summed E-state index contributed by atoms with van der Waals surface area (Å²) in [7, 11) is 0. The first-order valence-corrected chi connectivity index (χ1v) is 15.6. The number of aromatic hydroxyl groups is 1. The molecule has 3 amide bonds. The van der Waals surface area contributed by atoms with Crippen LogP contribution in [0.5, 0.6) is 5.75 Å². The minimum absolute atomic E-state index is 0.0981. The van der Waals surface area contributed by atoms with Crippen molar-refractivity contribution in [2.24, 2.45) is 11.8 Å². The van der Waals surface area contributed by atoms with Crippen molar-refractivity contribution in [1.82, 2.24) is 16.0 Å². The van der Waals surface area contributed by atoms with Crippen molar-refractivity contribution in [3.05, 3.63) is 65.5 Å². The molecule has 2 aromatic rings. The van der Waals surface area contributed by atoms with E-state index in [-0.39, 0.29) is 29.7 Å². The molecule has 9 heteroatoms. The Morgan fingerprint density at radius 3 is 2.30 bits per heavy atom. The van der Waals surface area contributed by atoms with Crippen LogP contribution < -0.4 is 16.0 Å². The normalized spacial score (nSPS) is 16.6. The fraction of sp³-hybridized carbons (Fsp3) is 0.559. The number of benzene rings is 2. The molecule has 2 aromatic carbocycles. The number of hydrogen-bond acceptors (Lipinski definition) is 5. The van der Waals surface area contributed by atoms with E-state index in [1.54, 1.807) is 0 Å². The first-order chi connectivity index (χ1) is 20.5. The molecule has 0 bridgehead atoms. The summed E-state index contributed by atoms with van der Waals surface area (Å²) in [6.07, 6.45) is 8.24. The van der Waals surface area contributed by atoms with Gasteiger partial charge >= 0.3 is 0 Å². The number of halogens is 1. The van der Waals surface area contributed by atoms with E-state index in [4.69, 9.17) is 0 Å². The summed E-state index contributed by atoms with van der Waals surface area (Å²) in [4.78, 5) is 38.3. The van der Waals surface area contributed by atoms with E-state index in [0.29, 0.717) is 18.8 Å². The fourth-order valence-electron chi connectivity index (χ4n) is 5.97. The summed E-state index contributed by atoms with van der Waals surface area (Å²) in [6.45, 7) is 5.11. The standard InChI is InChI=1S/C34H48FN3O5/c1-22(2)32(36-23(3)39)34(43)37-27(16-10-15-24-11-6-4-7-12-24)21-31(41)29(19-25-13-8-5-9-14-25)38-33(42)28-18-17-26(35)20-30(28)40/h5,8-9,13-14,17-18,20,22,24,27,29,31-32,40-41H,4,6-7,10-12,15-16,19,21H2,1-3H3,(H,36,39)(H,37,43)(H,38,42)/t27-,29?,31?,32+/m1/s1. The highest BCUT2D eigenvalue weighted by atomic mass is 19.1. The second-order valence-corrected chi connectivity index (χ2v) is 12.3. The van der Waals surface area contributed by atoms with Gasteiger partial charge in [-0.3, -0.25) is 14.4 Å². The topological polar surface area (TPSA) is 128 Å². The molecule has 2 unspecified atom stereocenters. The molecule has 1 fully saturated rings. The van der Waals surface area contributed by atoms with Gasteiger partial charge in [0.1, 0.15) is 17.6 Å². The second kappa shape index (κ2) is 17.0. The van der Waals surface area contributed by atoms with Gasteiger partial charge in [-0.1, -0.05) is 89.1 Å². The molecule has 0 saturated heterocycles. The largest absolute Gasteiger partial charge is 0.507 e. The van der Waals surface area contributed by atoms with Gasteiger partial charge in [0.2, 0.25) is 11.8 Å². The molecule has 1 aliphatic rings. The van der Waals surface area contributed by atoms with Crippen LogP contribution in [0.3, 0.4) is 0 Å². The van der Waals surface area contributed by atoms with Crippen molar-refractivity contribution in [3.63, 3.8) is 0 Å². The molecule has 5 N–H and O–H groups in total. The maximum atomic E-state index is 13.5. The number of amides is 3. The van der Waals surface area contributed by atoms with Crippen molar-refractivity contribution in [2.45, 2.75) is 109 Å². The van der Waals surface area contributed by atoms with E-state index < -0.39 is 41.7 Å². The number of nitrogens with one attached hydrogen (secondary N) is 3. The van der Waals surface area contributed by atoms with Crippen molar-refractivity contribution in [3.8, 4) is 5.75 Å². The number of phenols is 1. The highest BCUT2D eigenvalue weighted by Gasteiger charge is 2.30. The summed E-state index contributed by atoms with van der Waals surface area (Å²) in [6, 6.07) is 10.7. The predicted molar refractivity (Wildman–Crippen MR) is 165 cm³/mol. The molecule has 236 valence electrons. The molecular weight excluding hydrogens is 549 g/mol. The van der Waals surface area contributed by atoms with Gasteiger partial charge < -0.3 is 26.2 Å². The minimum Gasteiger partial charge on any atom is -0.507 e. The van der Waals surface area contributed by atoms with Crippen molar-refractivity contribution in [2.75, 3.05) is 0 Å². The molecule has 4 atom stereocenters.